The molecular formula is C19H24ClN3O7S. The Bertz CT molecular complexity index is 990. The molecule has 2 saturated heterocycles. The predicted octanol–water partition coefficient (Wildman–Crippen LogP) is 1.24. The van der Waals surface area contributed by atoms with E-state index < -0.39 is 34.0 Å². The number of amides is 3. The second-order valence-electron chi connectivity index (χ2n) is 7.49. The number of nitrogens with zero attached hydrogens (tertiary/aromatic N) is 2. The van der Waals surface area contributed by atoms with E-state index in [0.717, 1.165) is 11.0 Å². The van der Waals surface area contributed by atoms with Gasteiger partial charge in [-0.2, -0.15) is 4.31 Å². The summed E-state index contributed by atoms with van der Waals surface area (Å²) < 4.78 is 38.3. The van der Waals surface area contributed by atoms with E-state index >= 15 is 0 Å². The van der Waals surface area contributed by atoms with E-state index in [1.165, 1.54) is 23.4 Å². The lowest BCUT2D eigenvalue weighted by atomic mass is 10.2. The zero-order chi connectivity index (χ0) is 22.9. The summed E-state index contributed by atoms with van der Waals surface area (Å²) in [6.07, 6.45) is -1.81. The molecule has 0 aromatic heterocycles. The maximum Gasteiger partial charge on any atom is 0.338 e. The van der Waals surface area contributed by atoms with Crippen LogP contribution in [0.15, 0.2) is 23.1 Å². The van der Waals surface area contributed by atoms with E-state index in [0.29, 0.717) is 6.54 Å². The topological polar surface area (TPSA) is 122 Å². The second-order valence-corrected chi connectivity index (χ2v) is 9.81. The first kappa shape index (κ1) is 23.5. The zero-order valence-electron chi connectivity index (χ0n) is 17.3. The Hall–Kier alpha value is -2.21. The lowest BCUT2D eigenvalue weighted by Crippen LogP contribution is -2.48. The Morgan fingerprint density at radius 3 is 2.48 bits per heavy atom. The van der Waals surface area contributed by atoms with Crippen LogP contribution >= 0.6 is 11.6 Å². The molecule has 3 rings (SSSR count). The van der Waals surface area contributed by atoms with Gasteiger partial charge in [0.15, 0.2) is 6.10 Å². The molecule has 0 spiro atoms. The quantitative estimate of drug-likeness (QED) is 0.638. The molecule has 12 heteroatoms. The molecule has 170 valence electrons. The highest BCUT2D eigenvalue weighted by atomic mass is 35.5. The Morgan fingerprint density at radius 1 is 1.26 bits per heavy atom. The van der Waals surface area contributed by atoms with E-state index in [9.17, 15) is 22.8 Å². The standard InChI is InChI=1S/C19H24ClN3O7S/c1-11-9-22(10-12(2)29-11)31(27,28)16-8-14(4-5-15(16)20)18(25)30-13(3)17(24)23-7-6-21-19(23)26/h4-5,8,11-13H,6-7,9-10H2,1-3H3,(H,21,26)/t11-,12+,13-/m1/s1. The van der Waals surface area contributed by atoms with Gasteiger partial charge in [-0.3, -0.25) is 9.69 Å². The fourth-order valence-electron chi connectivity index (χ4n) is 3.47. The molecule has 2 fully saturated rings. The number of urea groups is 1. The Balaban J connectivity index is 1.79. The largest absolute Gasteiger partial charge is 0.449 e. The van der Waals surface area contributed by atoms with Crippen molar-refractivity contribution in [3.8, 4) is 0 Å². The van der Waals surface area contributed by atoms with Crippen molar-refractivity contribution in [2.45, 2.75) is 44.0 Å². The van der Waals surface area contributed by atoms with Crippen molar-refractivity contribution in [2.24, 2.45) is 0 Å². The number of nitrogens with one attached hydrogen (secondary N) is 1. The summed E-state index contributed by atoms with van der Waals surface area (Å²) in [5.74, 6) is -1.57. The smallest absolute Gasteiger partial charge is 0.338 e. The number of carbonyl (C=O) groups excluding carboxylic acids is 3. The zero-order valence-corrected chi connectivity index (χ0v) is 18.9. The van der Waals surface area contributed by atoms with Crippen LogP contribution < -0.4 is 5.32 Å². The predicted molar refractivity (Wildman–Crippen MR) is 110 cm³/mol. The van der Waals surface area contributed by atoms with E-state index in [2.05, 4.69) is 5.32 Å². The molecule has 2 aliphatic rings. The van der Waals surface area contributed by atoms with Crippen molar-refractivity contribution in [1.29, 1.82) is 0 Å². The summed E-state index contributed by atoms with van der Waals surface area (Å²) in [5.41, 5.74) is -0.0807. The van der Waals surface area contributed by atoms with E-state index in [1.54, 1.807) is 13.8 Å². The summed E-state index contributed by atoms with van der Waals surface area (Å²) in [6.45, 7) is 5.69. The third-order valence-electron chi connectivity index (χ3n) is 4.93. The normalized spacial score (nSPS) is 23.4. The highest BCUT2D eigenvalue weighted by molar-refractivity contribution is 7.89. The Labute approximate surface area is 185 Å². The Morgan fingerprint density at radius 2 is 1.90 bits per heavy atom. The minimum atomic E-state index is -3.99. The van der Waals surface area contributed by atoms with Gasteiger partial charge in [0.2, 0.25) is 10.0 Å². The molecule has 0 bridgehead atoms. The van der Waals surface area contributed by atoms with Crippen LogP contribution in [0.2, 0.25) is 5.02 Å². The van der Waals surface area contributed by atoms with Gasteiger partial charge in [0.1, 0.15) is 4.90 Å². The molecule has 1 N–H and O–H groups in total. The number of hydrogen-bond acceptors (Lipinski definition) is 7. The molecular weight excluding hydrogens is 450 g/mol. The molecule has 2 aliphatic heterocycles. The Kier molecular flexibility index (Phi) is 6.89. The molecule has 3 amide bonds. The van der Waals surface area contributed by atoms with Gasteiger partial charge in [-0.1, -0.05) is 11.6 Å². The SMILES string of the molecule is C[C@@H]1CN(S(=O)(=O)c2cc(C(=O)O[C@H](C)C(=O)N3CCNC3=O)ccc2Cl)C[C@H](C)O1. The number of ether oxygens (including phenoxy) is 2. The van der Waals surface area contributed by atoms with E-state index in [4.69, 9.17) is 21.1 Å². The first-order chi connectivity index (χ1) is 14.5. The molecule has 0 unspecified atom stereocenters. The summed E-state index contributed by atoms with van der Waals surface area (Å²) in [7, 11) is -3.99. The molecule has 31 heavy (non-hydrogen) atoms. The number of rotatable bonds is 5. The fraction of sp³-hybridized carbons (Fsp3) is 0.526. The van der Waals surface area contributed by atoms with Gasteiger partial charge >= 0.3 is 12.0 Å². The molecule has 1 aromatic rings. The second kappa shape index (κ2) is 9.11. The van der Waals surface area contributed by atoms with Crippen molar-refractivity contribution < 1.29 is 32.3 Å². The van der Waals surface area contributed by atoms with Crippen LogP contribution in [-0.2, 0) is 24.3 Å². The third kappa shape index (κ3) is 5.00. The van der Waals surface area contributed by atoms with Gasteiger partial charge in [0, 0.05) is 26.2 Å². The van der Waals surface area contributed by atoms with Crippen LogP contribution in [0.4, 0.5) is 4.79 Å². The fourth-order valence-corrected chi connectivity index (χ4v) is 5.57. The van der Waals surface area contributed by atoms with Gasteiger partial charge in [0.05, 0.1) is 22.8 Å². The van der Waals surface area contributed by atoms with Crippen LogP contribution in [-0.4, -0.2) is 80.0 Å². The van der Waals surface area contributed by atoms with Crippen molar-refractivity contribution in [3.63, 3.8) is 0 Å². The minimum absolute atomic E-state index is 0.0405. The van der Waals surface area contributed by atoms with Crippen LogP contribution in [0.3, 0.4) is 0 Å². The number of esters is 1. The molecule has 1 aromatic carbocycles. The van der Waals surface area contributed by atoms with E-state index in [1.807, 2.05) is 0 Å². The molecule has 3 atom stereocenters. The molecule has 2 heterocycles. The van der Waals surface area contributed by atoms with Crippen molar-refractivity contribution in [3.05, 3.63) is 28.8 Å². The van der Waals surface area contributed by atoms with Crippen LogP contribution in [0.1, 0.15) is 31.1 Å². The average molecular weight is 474 g/mol. The third-order valence-corrected chi connectivity index (χ3v) is 7.24. The summed E-state index contributed by atoms with van der Waals surface area (Å²) in [4.78, 5) is 37.2. The monoisotopic (exact) mass is 473 g/mol. The number of benzene rings is 1. The number of carbonyl (C=O) groups is 3. The van der Waals surface area contributed by atoms with Gasteiger partial charge in [-0.05, 0) is 39.0 Å². The molecule has 0 saturated carbocycles. The van der Waals surface area contributed by atoms with Crippen LogP contribution in [0.5, 0.6) is 0 Å². The number of hydrogen-bond donors (Lipinski definition) is 1. The minimum Gasteiger partial charge on any atom is -0.449 e. The van der Waals surface area contributed by atoms with Gasteiger partial charge in [-0.15, -0.1) is 0 Å². The first-order valence-corrected chi connectivity index (χ1v) is 11.6. The van der Waals surface area contributed by atoms with Gasteiger partial charge < -0.3 is 14.8 Å². The average Bonchev–Trinajstić information content (AvgIpc) is 3.12. The summed E-state index contributed by atoms with van der Waals surface area (Å²) in [6, 6.07) is 3.18. The maximum atomic E-state index is 13.1. The summed E-state index contributed by atoms with van der Waals surface area (Å²) in [5, 5.41) is 2.45. The van der Waals surface area contributed by atoms with Crippen LogP contribution in [0, 0.1) is 0 Å². The molecule has 0 radical (unpaired) electrons. The van der Waals surface area contributed by atoms with Gasteiger partial charge in [-0.25, -0.2) is 18.0 Å². The van der Waals surface area contributed by atoms with E-state index in [-0.39, 0.29) is 47.3 Å². The molecule has 0 aliphatic carbocycles. The number of imide groups is 1. The highest BCUT2D eigenvalue weighted by Gasteiger charge is 2.35. The van der Waals surface area contributed by atoms with Crippen molar-refractivity contribution >= 4 is 39.5 Å². The van der Waals surface area contributed by atoms with Crippen molar-refractivity contribution in [2.75, 3.05) is 26.2 Å². The van der Waals surface area contributed by atoms with Gasteiger partial charge in [0.25, 0.3) is 5.91 Å². The van der Waals surface area contributed by atoms with Crippen molar-refractivity contribution in [1.82, 2.24) is 14.5 Å². The lowest BCUT2D eigenvalue weighted by molar-refractivity contribution is -0.136. The maximum absolute atomic E-state index is 13.1. The number of sulfonamides is 1. The number of morpholine rings is 1. The number of halogens is 1. The first-order valence-electron chi connectivity index (χ1n) is 9.76. The lowest BCUT2D eigenvalue weighted by Gasteiger charge is -2.34. The molecule has 10 nitrogen and oxygen atoms in total. The van der Waals surface area contributed by atoms with Crippen LogP contribution in [0.25, 0.3) is 0 Å². The summed E-state index contributed by atoms with van der Waals surface area (Å²) >= 11 is 6.14. The highest BCUT2D eigenvalue weighted by Crippen LogP contribution is 2.28.